The number of carbonyl (C=O) groups excluding carboxylic acids is 7. The van der Waals surface area contributed by atoms with Crippen molar-refractivity contribution in [3.63, 3.8) is 0 Å². The quantitative estimate of drug-likeness (QED) is 0.211. The van der Waals surface area contributed by atoms with Crippen molar-refractivity contribution in [1.29, 1.82) is 0 Å². The number of likely N-dealkylation sites (N-methyl/N-ethyl adjacent to an activating group) is 1. The van der Waals surface area contributed by atoms with E-state index in [4.69, 9.17) is 4.74 Å². The van der Waals surface area contributed by atoms with Gasteiger partial charge in [-0.1, -0.05) is 77.8 Å². The lowest BCUT2D eigenvalue weighted by molar-refractivity contribution is -0.145. The van der Waals surface area contributed by atoms with Crippen LogP contribution in [0.25, 0.3) is 0 Å². The molecule has 14 nitrogen and oxygen atoms in total. The Morgan fingerprint density at radius 1 is 0.961 bits per heavy atom. The second-order valence-electron chi connectivity index (χ2n) is 16.2. The Balaban J connectivity index is 1.46. The van der Waals surface area contributed by atoms with Crippen LogP contribution < -0.4 is 21.3 Å². The van der Waals surface area contributed by atoms with E-state index in [1.807, 2.05) is 34.6 Å². The lowest BCUT2D eigenvalue weighted by Gasteiger charge is -2.37. The molecule has 14 heteroatoms. The molecule has 0 radical (unpaired) electrons. The summed E-state index contributed by atoms with van der Waals surface area (Å²) in [7, 11) is 3.13. The minimum atomic E-state index is -1.17. The van der Waals surface area contributed by atoms with Crippen LogP contribution in [0.5, 0.6) is 0 Å². The van der Waals surface area contributed by atoms with Crippen LogP contribution in [0.4, 0.5) is 4.79 Å². The summed E-state index contributed by atoms with van der Waals surface area (Å²) in [6.45, 7) is 12.6. The van der Waals surface area contributed by atoms with Crippen molar-refractivity contribution in [2.75, 3.05) is 27.2 Å². The average Bonchev–Trinajstić information content (AvgIpc) is 3.90. The van der Waals surface area contributed by atoms with E-state index >= 15 is 0 Å². The summed E-state index contributed by atoms with van der Waals surface area (Å²) < 4.78 is 5.25. The first kappa shape index (κ1) is 39.3. The summed E-state index contributed by atoms with van der Waals surface area (Å²) in [5, 5.41) is 10.5. The third-order valence-electron chi connectivity index (χ3n) is 10.1. The predicted molar refractivity (Wildman–Crippen MR) is 188 cm³/mol. The molecule has 3 fully saturated rings. The van der Waals surface area contributed by atoms with Gasteiger partial charge in [0.25, 0.3) is 5.91 Å². The van der Waals surface area contributed by atoms with Crippen LogP contribution in [0.3, 0.4) is 0 Å². The van der Waals surface area contributed by atoms with Gasteiger partial charge in [-0.3, -0.25) is 28.8 Å². The number of piperidine rings is 1. The molecule has 6 atom stereocenters. The third kappa shape index (κ3) is 9.44. The number of hydrogen-bond acceptors (Lipinski definition) is 8. The zero-order valence-corrected chi connectivity index (χ0v) is 31.2. The highest BCUT2D eigenvalue weighted by Gasteiger charge is 2.70. The smallest absolute Gasteiger partial charge is 0.408 e. The fourth-order valence-corrected chi connectivity index (χ4v) is 6.98. The Labute approximate surface area is 300 Å². The zero-order chi connectivity index (χ0) is 38.0. The number of ether oxygens (including phenoxy) is 1. The Bertz CT molecular complexity index is 1520. The van der Waals surface area contributed by atoms with Crippen LogP contribution in [-0.4, -0.2) is 103 Å². The number of fused-ring (bicyclic) bond motifs is 1. The van der Waals surface area contributed by atoms with Crippen molar-refractivity contribution in [2.24, 2.45) is 28.6 Å². The highest BCUT2D eigenvalue weighted by Crippen LogP contribution is 2.65. The molecular formula is C37H54N6O8. The number of alkyl carbamates (subject to hydrolysis) is 1. The van der Waals surface area contributed by atoms with Gasteiger partial charge >= 0.3 is 6.09 Å². The maximum Gasteiger partial charge on any atom is 0.408 e. The molecule has 6 amide bonds. The zero-order valence-electron chi connectivity index (χ0n) is 31.2. The third-order valence-corrected chi connectivity index (χ3v) is 10.1. The highest BCUT2D eigenvalue weighted by molar-refractivity contribution is 6.38. The molecule has 1 heterocycles. The van der Waals surface area contributed by atoms with Gasteiger partial charge in [0.05, 0.1) is 18.7 Å². The van der Waals surface area contributed by atoms with Crippen molar-refractivity contribution in [2.45, 2.75) is 98.0 Å². The molecule has 4 rings (SSSR count). The van der Waals surface area contributed by atoms with Crippen LogP contribution in [-0.2, 0) is 33.5 Å². The molecular weight excluding hydrogens is 656 g/mol. The van der Waals surface area contributed by atoms with Gasteiger partial charge in [-0.25, -0.2) is 4.79 Å². The van der Waals surface area contributed by atoms with Gasteiger partial charge in [-0.15, -0.1) is 0 Å². The molecule has 2 saturated carbocycles. The highest BCUT2D eigenvalue weighted by atomic mass is 16.6. The van der Waals surface area contributed by atoms with Crippen LogP contribution in [0.1, 0.15) is 79.3 Å². The summed E-state index contributed by atoms with van der Waals surface area (Å²) in [4.78, 5) is 96.0. The number of carbonyl (C=O) groups is 7. The SMILES string of the molecule is CC(C)OC(=O)N[C@H](C(=O)N1CC2C([C@H]1C(=O)NC(CC1CC1)C(=O)C(=O)NCC(=O)N[C@H](C(=O)N(C)C)c1ccccc1)C2(C)C)C(C)(C)C. The largest absolute Gasteiger partial charge is 0.447 e. The molecule has 0 aromatic heterocycles. The maximum absolute atomic E-state index is 14.1. The second-order valence-corrected chi connectivity index (χ2v) is 16.2. The van der Waals surface area contributed by atoms with E-state index in [1.54, 1.807) is 58.3 Å². The number of nitrogens with one attached hydrogen (secondary N) is 4. The molecule has 0 spiro atoms. The Morgan fingerprint density at radius 3 is 2.14 bits per heavy atom. The van der Waals surface area contributed by atoms with Crippen LogP contribution in [0.2, 0.25) is 0 Å². The maximum atomic E-state index is 14.1. The fraction of sp³-hybridized carbons (Fsp3) is 0.649. The van der Waals surface area contributed by atoms with Crippen molar-refractivity contribution in [3.05, 3.63) is 35.9 Å². The fourth-order valence-electron chi connectivity index (χ4n) is 6.98. The van der Waals surface area contributed by atoms with Gasteiger partial charge in [-0.05, 0) is 54.4 Å². The molecule has 280 valence electrons. The Morgan fingerprint density at radius 2 is 1.59 bits per heavy atom. The molecule has 2 aliphatic carbocycles. The van der Waals surface area contributed by atoms with Gasteiger partial charge in [0.1, 0.15) is 18.1 Å². The summed E-state index contributed by atoms with van der Waals surface area (Å²) in [5.41, 5.74) is -0.391. The summed E-state index contributed by atoms with van der Waals surface area (Å²) in [6, 6.07) is 4.58. The minimum Gasteiger partial charge on any atom is -0.447 e. The summed E-state index contributed by atoms with van der Waals surface area (Å²) in [5.74, 6) is -3.96. The number of likely N-dealkylation sites (tertiary alicyclic amines) is 1. The van der Waals surface area contributed by atoms with Crippen molar-refractivity contribution >= 4 is 41.4 Å². The number of amides is 6. The van der Waals surface area contributed by atoms with E-state index in [2.05, 4.69) is 21.3 Å². The second kappa shape index (κ2) is 15.4. The van der Waals surface area contributed by atoms with Gasteiger partial charge in [0.15, 0.2) is 0 Å². The number of rotatable bonds is 14. The number of ketones is 1. The number of benzene rings is 1. The predicted octanol–water partition coefficient (Wildman–Crippen LogP) is 1.93. The van der Waals surface area contributed by atoms with Crippen molar-refractivity contribution in [1.82, 2.24) is 31.1 Å². The number of hydrogen-bond donors (Lipinski definition) is 4. The summed E-state index contributed by atoms with van der Waals surface area (Å²) >= 11 is 0. The standard InChI is InChI=1S/C37H54N6O8/c1-20(2)51-35(50)41-30(36(3,4)5)34(49)43-19-23-26(37(23,6)7)28(43)31(46)39-24(17-21-15-16-21)29(45)32(47)38-18-25(44)40-27(33(48)42(8)9)22-13-11-10-12-14-22/h10-14,20-21,23-24,26-28,30H,15-19H2,1-9H3,(H,38,47)(H,39,46)(H,40,44)(H,41,50)/t23?,24?,26?,27-,28-,30+/m0/s1. The van der Waals surface area contributed by atoms with Crippen LogP contribution in [0, 0.1) is 28.6 Å². The normalized spacial score (nSPS) is 22.1. The monoisotopic (exact) mass is 710 g/mol. The van der Waals surface area contributed by atoms with E-state index in [-0.39, 0.29) is 35.5 Å². The molecule has 1 aromatic carbocycles. The molecule has 51 heavy (non-hydrogen) atoms. The van der Waals surface area contributed by atoms with E-state index in [1.165, 1.54) is 9.80 Å². The Kier molecular flexibility index (Phi) is 11.9. The lowest BCUT2D eigenvalue weighted by atomic mass is 9.85. The molecule has 1 aliphatic heterocycles. The first-order chi connectivity index (χ1) is 23.7. The molecule has 4 N–H and O–H groups in total. The van der Waals surface area contributed by atoms with Gasteiger partial charge in [0, 0.05) is 20.6 Å². The average molecular weight is 711 g/mol. The van der Waals surface area contributed by atoms with Crippen LogP contribution in [0.15, 0.2) is 30.3 Å². The van der Waals surface area contributed by atoms with Crippen LogP contribution >= 0.6 is 0 Å². The van der Waals surface area contributed by atoms with Crippen molar-refractivity contribution in [3.8, 4) is 0 Å². The van der Waals surface area contributed by atoms with E-state index in [0.717, 1.165) is 12.8 Å². The number of Topliss-reactive ketones (excluding diaryl/α,β-unsaturated/α-hetero) is 1. The molecule has 1 aromatic rings. The topological polar surface area (TPSA) is 183 Å². The lowest BCUT2D eigenvalue weighted by Crippen LogP contribution is -2.60. The molecule has 0 bridgehead atoms. The van der Waals surface area contributed by atoms with Gasteiger partial charge < -0.3 is 35.8 Å². The number of nitrogens with zero attached hydrogens (tertiary/aromatic N) is 2. The van der Waals surface area contributed by atoms with E-state index in [0.29, 0.717) is 12.1 Å². The van der Waals surface area contributed by atoms with Gasteiger partial charge in [-0.2, -0.15) is 0 Å². The van der Waals surface area contributed by atoms with Gasteiger partial charge in [0.2, 0.25) is 29.4 Å². The Hall–Kier alpha value is -4.49. The summed E-state index contributed by atoms with van der Waals surface area (Å²) in [6.07, 6.45) is 0.802. The molecule has 3 aliphatic rings. The first-order valence-corrected chi connectivity index (χ1v) is 17.7. The minimum absolute atomic E-state index is 0.0407. The van der Waals surface area contributed by atoms with E-state index < -0.39 is 77.7 Å². The molecule has 1 saturated heterocycles. The molecule has 3 unspecified atom stereocenters. The van der Waals surface area contributed by atoms with Crippen molar-refractivity contribution < 1.29 is 38.3 Å². The van der Waals surface area contributed by atoms with E-state index in [9.17, 15) is 33.6 Å². The first-order valence-electron chi connectivity index (χ1n) is 17.7.